The van der Waals surface area contributed by atoms with E-state index in [0.717, 1.165) is 24.0 Å². The number of pyridine rings is 2. The normalized spacial score (nSPS) is 10.9. The standard InChI is InChI=1S/C18H16N6O2/c1(3-15-21-23-17(25-15)13-5-9-19-10-6-13)2-4-16-22-24-18(26-16)14-7-11-20-12-8-14/h5-12H,1-4H2. The molecule has 0 fully saturated rings. The van der Waals surface area contributed by atoms with Crippen LogP contribution in [-0.2, 0) is 12.8 Å². The van der Waals surface area contributed by atoms with E-state index in [9.17, 15) is 0 Å². The van der Waals surface area contributed by atoms with Gasteiger partial charge in [0, 0.05) is 48.8 Å². The van der Waals surface area contributed by atoms with Gasteiger partial charge in [0.2, 0.25) is 23.6 Å². The molecule has 0 aliphatic carbocycles. The summed E-state index contributed by atoms with van der Waals surface area (Å²) in [5.41, 5.74) is 1.74. The van der Waals surface area contributed by atoms with E-state index in [2.05, 4.69) is 30.4 Å². The topological polar surface area (TPSA) is 104 Å². The first-order valence-corrected chi connectivity index (χ1v) is 8.34. The zero-order chi connectivity index (χ0) is 17.6. The van der Waals surface area contributed by atoms with Crippen LogP contribution in [-0.4, -0.2) is 30.4 Å². The van der Waals surface area contributed by atoms with Gasteiger partial charge < -0.3 is 8.83 Å². The van der Waals surface area contributed by atoms with E-state index >= 15 is 0 Å². The van der Waals surface area contributed by atoms with Gasteiger partial charge in [-0.3, -0.25) is 9.97 Å². The third-order valence-electron chi connectivity index (χ3n) is 3.82. The van der Waals surface area contributed by atoms with Gasteiger partial charge in [0.25, 0.3) is 0 Å². The van der Waals surface area contributed by atoms with Gasteiger partial charge in [-0.25, -0.2) is 0 Å². The summed E-state index contributed by atoms with van der Waals surface area (Å²) in [5, 5.41) is 16.3. The Morgan fingerprint density at radius 2 is 1.00 bits per heavy atom. The van der Waals surface area contributed by atoms with Crippen LogP contribution in [0.1, 0.15) is 24.6 Å². The number of hydrogen-bond donors (Lipinski definition) is 0. The van der Waals surface area contributed by atoms with E-state index in [1.54, 1.807) is 24.8 Å². The monoisotopic (exact) mass is 348 g/mol. The van der Waals surface area contributed by atoms with E-state index in [-0.39, 0.29) is 0 Å². The van der Waals surface area contributed by atoms with E-state index in [4.69, 9.17) is 8.83 Å². The molecule has 130 valence electrons. The van der Waals surface area contributed by atoms with Crippen molar-refractivity contribution in [2.24, 2.45) is 0 Å². The molecule has 0 bridgehead atoms. The van der Waals surface area contributed by atoms with Crippen molar-refractivity contribution in [3.05, 3.63) is 60.8 Å². The zero-order valence-electron chi connectivity index (χ0n) is 13.9. The Hall–Kier alpha value is -3.42. The van der Waals surface area contributed by atoms with Crippen LogP contribution < -0.4 is 0 Å². The number of hydrogen-bond acceptors (Lipinski definition) is 8. The molecule has 0 unspecified atom stereocenters. The van der Waals surface area contributed by atoms with Gasteiger partial charge in [0.05, 0.1) is 0 Å². The predicted molar refractivity (Wildman–Crippen MR) is 91.7 cm³/mol. The first-order valence-electron chi connectivity index (χ1n) is 8.34. The van der Waals surface area contributed by atoms with Crippen LogP contribution in [0.3, 0.4) is 0 Å². The lowest BCUT2D eigenvalue weighted by Gasteiger charge is -1.96. The van der Waals surface area contributed by atoms with Gasteiger partial charge in [-0.1, -0.05) is 0 Å². The predicted octanol–water partition coefficient (Wildman–Crippen LogP) is 3.14. The molecule has 0 radical (unpaired) electrons. The Labute approximate surface area is 149 Å². The molecule has 0 atom stereocenters. The second-order valence-electron chi connectivity index (χ2n) is 5.68. The van der Waals surface area contributed by atoms with Crippen molar-refractivity contribution >= 4 is 0 Å². The highest BCUT2D eigenvalue weighted by Gasteiger charge is 2.10. The molecule has 0 aliphatic rings. The fourth-order valence-corrected chi connectivity index (χ4v) is 2.48. The largest absolute Gasteiger partial charge is 0.421 e. The van der Waals surface area contributed by atoms with E-state index in [0.29, 0.717) is 36.4 Å². The van der Waals surface area contributed by atoms with Gasteiger partial charge in [-0.05, 0) is 37.1 Å². The minimum absolute atomic E-state index is 0.515. The van der Waals surface area contributed by atoms with Crippen LogP contribution in [0.25, 0.3) is 22.9 Å². The van der Waals surface area contributed by atoms with Crippen molar-refractivity contribution in [2.75, 3.05) is 0 Å². The highest BCUT2D eigenvalue weighted by atomic mass is 16.4. The van der Waals surface area contributed by atoms with Crippen LogP contribution in [0.4, 0.5) is 0 Å². The van der Waals surface area contributed by atoms with Crippen molar-refractivity contribution in [3.8, 4) is 22.9 Å². The third kappa shape index (κ3) is 3.80. The van der Waals surface area contributed by atoms with Crippen molar-refractivity contribution < 1.29 is 8.83 Å². The molecule has 0 saturated carbocycles. The molecule has 4 aromatic heterocycles. The second kappa shape index (κ2) is 7.64. The maximum atomic E-state index is 5.68. The molecule has 8 heteroatoms. The zero-order valence-corrected chi connectivity index (χ0v) is 13.9. The number of unbranched alkanes of at least 4 members (excludes halogenated alkanes) is 1. The molecular weight excluding hydrogens is 332 g/mol. The van der Waals surface area contributed by atoms with Crippen LogP contribution in [0.5, 0.6) is 0 Å². The molecule has 0 spiro atoms. The Morgan fingerprint density at radius 3 is 1.42 bits per heavy atom. The lowest BCUT2D eigenvalue weighted by molar-refractivity contribution is 0.472. The quantitative estimate of drug-likeness (QED) is 0.469. The van der Waals surface area contributed by atoms with Crippen LogP contribution in [0.15, 0.2) is 57.9 Å². The number of rotatable bonds is 7. The second-order valence-corrected chi connectivity index (χ2v) is 5.68. The van der Waals surface area contributed by atoms with Crippen molar-refractivity contribution in [3.63, 3.8) is 0 Å². The molecule has 0 aromatic carbocycles. The SMILES string of the molecule is c1cc(-c2nnc(CCCCc3nnc(-c4ccncc4)o3)o2)ccn1. The van der Waals surface area contributed by atoms with Gasteiger partial charge >= 0.3 is 0 Å². The molecular formula is C18H16N6O2. The minimum atomic E-state index is 0.515. The fourth-order valence-electron chi connectivity index (χ4n) is 2.48. The Bertz CT molecular complexity index is 872. The maximum absolute atomic E-state index is 5.68. The number of aryl methyl sites for hydroxylation is 2. The summed E-state index contributed by atoms with van der Waals surface area (Å²) < 4.78 is 11.4. The summed E-state index contributed by atoms with van der Waals surface area (Å²) in [4.78, 5) is 7.95. The summed E-state index contributed by atoms with van der Waals surface area (Å²) in [6, 6.07) is 7.36. The number of aromatic nitrogens is 6. The molecule has 4 heterocycles. The highest BCUT2D eigenvalue weighted by Crippen LogP contribution is 2.19. The summed E-state index contributed by atoms with van der Waals surface area (Å²) >= 11 is 0. The first kappa shape index (κ1) is 16.1. The summed E-state index contributed by atoms with van der Waals surface area (Å²) in [7, 11) is 0. The van der Waals surface area contributed by atoms with Crippen molar-refractivity contribution in [1.29, 1.82) is 0 Å². The third-order valence-corrected chi connectivity index (χ3v) is 3.82. The van der Waals surface area contributed by atoms with Gasteiger partial charge in [0.1, 0.15) is 0 Å². The average Bonchev–Trinajstić information content (AvgIpc) is 3.37. The van der Waals surface area contributed by atoms with Crippen molar-refractivity contribution in [2.45, 2.75) is 25.7 Å². The van der Waals surface area contributed by atoms with E-state index < -0.39 is 0 Å². The maximum Gasteiger partial charge on any atom is 0.247 e. The minimum Gasteiger partial charge on any atom is -0.421 e. The molecule has 4 aromatic rings. The van der Waals surface area contributed by atoms with Gasteiger partial charge in [-0.15, -0.1) is 20.4 Å². The van der Waals surface area contributed by atoms with Gasteiger partial charge in [-0.2, -0.15) is 0 Å². The average molecular weight is 348 g/mol. The van der Waals surface area contributed by atoms with E-state index in [1.165, 1.54) is 0 Å². The summed E-state index contributed by atoms with van der Waals surface area (Å²) in [6.45, 7) is 0. The highest BCUT2D eigenvalue weighted by molar-refractivity contribution is 5.51. The van der Waals surface area contributed by atoms with Crippen molar-refractivity contribution in [1.82, 2.24) is 30.4 Å². The molecule has 0 N–H and O–H groups in total. The number of nitrogens with zero attached hydrogens (tertiary/aromatic N) is 6. The Morgan fingerprint density at radius 1 is 0.577 bits per heavy atom. The summed E-state index contributed by atoms with van der Waals surface area (Å²) in [6.07, 6.45) is 10.0. The van der Waals surface area contributed by atoms with Crippen LogP contribution >= 0.6 is 0 Å². The fraction of sp³-hybridized carbons (Fsp3) is 0.222. The van der Waals surface area contributed by atoms with E-state index in [1.807, 2.05) is 24.3 Å². The van der Waals surface area contributed by atoms with Gasteiger partial charge in [0.15, 0.2) is 0 Å². The Balaban J connectivity index is 1.27. The molecule has 0 aliphatic heterocycles. The molecule has 0 saturated heterocycles. The smallest absolute Gasteiger partial charge is 0.247 e. The lowest BCUT2D eigenvalue weighted by Crippen LogP contribution is -1.90. The van der Waals surface area contributed by atoms with Crippen LogP contribution in [0.2, 0.25) is 0 Å². The molecule has 26 heavy (non-hydrogen) atoms. The first-order chi connectivity index (χ1) is 12.9. The Kier molecular flexibility index (Phi) is 4.72. The molecule has 8 nitrogen and oxygen atoms in total. The summed E-state index contributed by atoms with van der Waals surface area (Å²) in [5.74, 6) is 2.28. The van der Waals surface area contributed by atoms with Crippen LogP contribution in [0, 0.1) is 0 Å². The molecule has 4 rings (SSSR count). The molecule has 0 amide bonds. The lowest BCUT2D eigenvalue weighted by atomic mass is 10.2.